The molecule has 0 atom stereocenters. The molecule has 16 heavy (non-hydrogen) atoms. The van der Waals surface area contributed by atoms with E-state index in [0.29, 0.717) is 5.56 Å². The van der Waals surface area contributed by atoms with Crippen LogP contribution in [0.15, 0.2) is 39.9 Å². The van der Waals surface area contributed by atoms with Crippen molar-refractivity contribution in [2.45, 2.75) is 0 Å². The molecule has 0 bridgehead atoms. The van der Waals surface area contributed by atoms with Crippen molar-refractivity contribution in [2.24, 2.45) is 0 Å². The van der Waals surface area contributed by atoms with E-state index in [0.717, 1.165) is 0 Å². The first-order valence-corrected chi connectivity index (χ1v) is 4.27. The second kappa shape index (κ2) is 5.16. The summed E-state index contributed by atoms with van der Waals surface area (Å²) in [6, 6.07) is 8.45. The Bertz CT molecular complexity index is 589. The summed E-state index contributed by atoms with van der Waals surface area (Å²) in [5, 5.41) is 11.4. The van der Waals surface area contributed by atoms with Gasteiger partial charge in [0.1, 0.15) is 0 Å². The number of aromatic amines is 2. The van der Waals surface area contributed by atoms with Gasteiger partial charge in [-0.1, -0.05) is 30.3 Å². The Hall–Kier alpha value is -1.30. The summed E-state index contributed by atoms with van der Waals surface area (Å²) in [7, 11) is 0. The zero-order chi connectivity index (χ0) is 10.8. The van der Waals surface area contributed by atoms with Crippen LogP contribution in [0.1, 0.15) is 0 Å². The first kappa shape index (κ1) is 12.8. The van der Waals surface area contributed by atoms with Gasteiger partial charge in [0.2, 0.25) is 0 Å². The summed E-state index contributed by atoms with van der Waals surface area (Å²) in [6.45, 7) is 0. The summed E-state index contributed by atoms with van der Waals surface area (Å²) in [5.41, 5.74) is -1.02. The van der Waals surface area contributed by atoms with E-state index in [-0.39, 0.29) is 35.1 Å². The van der Waals surface area contributed by atoms with Crippen LogP contribution in [0.2, 0.25) is 0 Å². The third kappa shape index (κ3) is 2.44. The standard InChI is InChI=1S/C10H8N2O3.Na/c13-8-7(6-4-2-1-3-5-6)9(14)12-10(15)11-8;/h1-5H,(H3,11,12,13,14,15);/q;+1/p-1. The predicted molar refractivity (Wildman–Crippen MR) is 52.6 cm³/mol. The summed E-state index contributed by atoms with van der Waals surface area (Å²) in [6.07, 6.45) is 0. The van der Waals surface area contributed by atoms with Gasteiger partial charge in [-0.3, -0.25) is 9.78 Å². The number of nitrogens with one attached hydrogen (secondary N) is 2. The first-order chi connectivity index (χ1) is 7.18. The van der Waals surface area contributed by atoms with E-state index in [1.54, 1.807) is 30.3 Å². The molecule has 0 aliphatic rings. The fraction of sp³-hybridized carbons (Fsp3) is 0. The van der Waals surface area contributed by atoms with Crippen molar-refractivity contribution < 1.29 is 34.7 Å². The van der Waals surface area contributed by atoms with Crippen LogP contribution in [0, 0.1) is 0 Å². The van der Waals surface area contributed by atoms with Crippen LogP contribution in [0.3, 0.4) is 0 Å². The molecule has 5 nitrogen and oxygen atoms in total. The molecule has 0 amide bonds. The average molecular weight is 226 g/mol. The Morgan fingerprint density at radius 1 is 1.00 bits per heavy atom. The van der Waals surface area contributed by atoms with Crippen molar-refractivity contribution in [3.05, 3.63) is 51.2 Å². The van der Waals surface area contributed by atoms with Gasteiger partial charge in [0.25, 0.3) is 5.56 Å². The summed E-state index contributed by atoms with van der Waals surface area (Å²) in [5.74, 6) is -0.671. The molecule has 76 valence electrons. The monoisotopic (exact) mass is 226 g/mol. The largest absolute Gasteiger partial charge is 1.00 e. The van der Waals surface area contributed by atoms with E-state index in [4.69, 9.17) is 0 Å². The van der Waals surface area contributed by atoms with E-state index >= 15 is 0 Å². The molecule has 2 aromatic rings. The maximum atomic E-state index is 11.4. The molecule has 0 spiro atoms. The van der Waals surface area contributed by atoms with Crippen molar-refractivity contribution in [2.75, 3.05) is 0 Å². The summed E-state index contributed by atoms with van der Waals surface area (Å²) in [4.78, 5) is 26.2. The topological polar surface area (TPSA) is 88.8 Å². The molecule has 1 heterocycles. The Morgan fingerprint density at radius 2 is 1.62 bits per heavy atom. The number of H-pyrrole nitrogens is 2. The molecule has 6 heteroatoms. The smallest absolute Gasteiger partial charge is 0.860 e. The van der Waals surface area contributed by atoms with E-state index in [1.165, 1.54) is 0 Å². The second-order valence-electron chi connectivity index (χ2n) is 2.98. The zero-order valence-corrected chi connectivity index (χ0v) is 10.6. The molecular formula is C10H7N2NaO3. The maximum Gasteiger partial charge on any atom is 1.00 e. The van der Waals surface area contributed by atoms with Crippen LogP contribution in [0.25, 0.3) is 11.1 Å². The molecule has 0 aliphatic heterocycles. The summed E-state index contributed by atoms with van der Waals surface area (Å²) >= 11 is 0. The normalized spacial score (nSPS) is 9.50. The molecule has 0 saturated heterocycles. The number of benzene rings is 1. The van der Waals surface area contributed by atoms with Gasteiger partial charge in [-0.05, 0) is 11.4 Å². The van der Waals surface area contributed by atoms with E-state index < -0.39 is 17.1 Å². The van der Waals surface area contributed by atoms with Gasteiger partial charge in [0, 0.05) is 0 Å². The van der Waals surface area contributed by atoms with Crippen LogP contribution < -0.4 is 45.9 Å². The van der Waals surface area contributed by atoms with Crippen molar-refractivity contribution in [1.82, 2.24) is 9.97 Å². The quantitative estimate of drug-likeness (QED) is 0.502. The molecule has 0 radical (unpaired) electrons. The number of hydrogen-bond donors (Lipinski definition) is 2. The van der Waals surface area contributed by atoms with Crippen LogP contribution in [-0.4, -0.2) is 9.97 Å². The molecule has 0 saturated carbocycles. The molecule has 0 aliphatic carbocycles. The third-order valence-electron chi connectivity index (χ3n) is 1.97. The van der Waals surface area contributed by atoms with Crippen LogP contribution in [0.4, 0.5) is 0 Å². The molecular weight excluding hydrogens is 219 g/mol. The van der Waals surface area contributed by atoms with Crippen molar-refractivity contribution in [3.63, 3.8) is 0 Å². The average Bonchev–Trinajstić information content (AvgIpc) is 2.17. The van der Waals surface area contributed by atoms with Crippen LogP contribution >= 0.6 is 0 Å². The molecule has 1 aromatic heterocycles. The SMILES string of the molecule is O=c1[nH]c([O-])c(-c2ccccc2)c(=O)[nH]1.[Na+]. The van der Waals surface area contributed by atoms with Crippen molar-refractivity contribution >= 4 is 0 Å². The van der Waals surface area contributed by atoms with Gasteiger partial charge < -0.3 is 10.1 Å². The minimum absolute atomic E-state index is 0. The molecule has 0 unspecified atom stereocenters. The molecule has 0 fully saturated rings. The second-order valence-corrected chi connectivity index (χ2v) is 2.98. The van der Waals surface area contributed by atoms with E-state index in [1.807, 2.05) is 9.97 Å². The fourth-order valence-corrected chi connectivity index (χ4v) is 1.33. The van der Waals surface area contributed by atoms with E-state index in [2.05, 4.69) is 0 Å². The van der Waals surface area contributed by atoms with Gasteiger partial charge in [-0.2, -0.15) is 0 Å². The molecule has 1 aromatic carbocycles. The number of rotatable bonds is 1. The van der Waals surface area contributed by atoms with Crippen molar-refractivity contribution in [1.29, 1.82) is 0 Å². The molecule has 2 N–H and O–H groups in total. The summed E-state index contributed by atoms with van der Waals surface area (Å²) < 4.78 is 0. The van der Waals surface area contributed by atoms with E-state index in [9.17, 15) is 14.7 Å². The minimum Gasteiger partial charge on any atom is -0.860 e. The fourth-order valence-electron chi connectivity index (χ4n) is 1.33. The number of hydrogen-bond acceptors (Lipinski definition) is 3. The Labute approximate surface area is 112 Å². The van der Waals surface area contributed by atoms with Gasteiger partial charge in [0.15, 0.2) is 0 Å². The van der Waals surface area contributed by atoms with Gasteiger partial charge >= 0.3 is 35.2 Å². The first-order valence-electron chi connectivity index (χ1n) is 4.27. The number of aromatic nitrogens is 2. The van der Waals surface area contributed by atoms with Crippen LogP contribution in [0.5, 0.6) is 5.88 Å². The Morgan fingerprint density at radius 3 is 2.19 bits per heavy atom. The van der Waals surface area contributed by atoms with Gasteiger partial charge in [-0.15, -0.1) is 0 Å². The minimum atomic E-state index is -0.787. The van der Waals surface area contributed by atoms with Crippen LogP contribution in [-0.2, 0) is 0 Å². The van der Waals surface area contributed by atoms with Gasteiger partial charge in [0.05, 0.1) is 5.56 Å². The van der Waals surface area contributed by atoms with Gasteiger partial charge in [-0.25, -0.2) is 4.79 Å². The van der Waals surface area contributed by atoms with Crippen molar-refractivity contribution in [3.8, 4) is 17.0 Å². The third-order valence-corrected chi connectivity index (χ3v) is 1.97. The predicted octanol–water partition coefficient (Wildman–Crippen LogP) is -3.19. The zero-order valence-electron chi connectivity index (χ0n) is 8.61. The Kier molecular flexibility index (Phi) is 4.12. The maximum absolute atomic E-state index is 11.4. The Balaban J connectivity index is 0.00000128. The molecule has 2 rings (SSSR count).